The van der Waals surface area contributed by atoms with Gasteiger partial charge in [0.1, 0.15) is 0 Å². The minimum absolute atomic E-state index is 0.0461. The fourth-order valence-corrected chi connectivity index (χ4v) is 8.11. The van der Waals surface area contributed by atoms with E-state index >= 15 is 0 Å². The number of rotatable bonds is 13. The Kier molecular flexibility index (Phi) is 12.8. The quantitative estimate of drug-likeness (QED) is 0.0633. The Labute approximate surface area is 318 Å². The molecule has 7 N–H and O–H groups in total. The normalized spacial score (nSPS) is 20.4. The molecule has 4 atom stereocenters. The molecule has 2 saturated heterocycles. The number of hydrogen-bond donors (Lipinski definition) is 7. The van der Waals surface area contributed by atoms with Gasteiger partial charge >= 0.3 is 19.0 Å². The number of H-pyrrole nitrogens is 2. The third-order valence-electron chi connectivity index (χ3n) is 11.2. The molecular weight excluding hydrogens is 687 g/mol. The monoisotopic (exact) mass is 742 g/mol. The topological polar surface area (TPSA) is 187 Å². The molecule has 2 fully saturated rings. The van der Waals surface area contributed by atoms with Crippen LogP contribution < -0.4 is 21.2 Å². The van der Waals surface area contributed by atoms with Gasteiger partial charge in [-0.2, -0.15) is 0 Å². The van der Waals surface area contributed by atoms with E-state index in [2.05, 4.69) is 51.9 Å². The number of ether oxygens (including phenoxy) is 2. The highest BCUT2D eigenvalue weighted by Crippen LogP contribution is 2.44. The molecule has 8 bridgehead atoms. The average molecular weight is 743 g/mol. The molecule has 14 heteroatoms. The summed E-state index contributed by atoms with van der Waals surface area (Å²) in [6, 6.07) is 0. The van der Waals surface area contributed by atoms with Crippen molar-refractivity contribution < 1.29 is 33.7 Å². The third-order valence-corrected chi connectivity index (χ3v) is 11.2. The van der Waals surface area contributed by atoms with Crippen molar-refractivity contribution in [3.05, 3.63) is 67.8 Å². The van der Waals surface area contributed by atoms with Gasteiger partial charge in [0.25, 0.3) is 5.91 Å². The number of carbonyl (C=O) groups is 4. The van der Waals surface area contributed by atoms with Crippen molar-refractivity contribution in [1.82, 2.24) is 31.1 Å². The van der Waals surface area contributed by atoms with Gasteiger partial charge in [0, 0.05) is 81.9 Å². The minimum Gasteiger partial charge on any atom is -0.469 e. The van der Waals surface area contributed by atoms with E-state index in [4.69, 9.17) is 9.47 Å². The van der Waals surface area contributed by atoms with Crippen LogP contribution >= 0.6 is 0 Å². The first kappa shape index (κ1) is 40.4. The van der Waals surface area contributed by atoms with Gasteiger partial charge in [0.2, 0.25) is 0 Å². The Morgan fingerprint density at radius 1 is 0.833 bits per heavy atom. The number of nitrogens with one attached hydrogen (secondary N) is 6. The van der Waals surface area contributed by atoms with Crippen LogP contribution in [-0.4, -0.2) is 73.0 Å². The molecule has 13 nitrogen and oxygen atoms in total. The van der Waals surface area contributed by atoms with Gasteiger partial charge in [-0.05, 0) is 82.8 Å². The summed E-state index contributed by atoms with van der Waals surface area (Å²) in [5, 5.41) is 22.9. The maximum absolute atomic E-state index is 14.2. The van der Waals surface area contributed by atoms with Gasteiger partial charge in [0.15, 0.2) is 5.78 Å². The second-order valence-electron chi connectivity index (χ2n) is 14.7. The van der Waals surface area contributed by atoms with Gasteiger partial charge in [-0.25, -0.2) is 0 Å². The van der Waals surface area contributed by atoms with Crippen molar-refractivity contribution in [2.45, 2.75) is 80.5 Å². The average Bonchev–Trinajstić information content (AvgIpc) is 3.81. The number of hydrogen-bond acceptors (Lipinski definition) is 10. The maximum Gasteiger partial charge on any atom is 0.373 e. The number of aromatic amines is 2. The van der Waals surface area contributed by atoms with Crippen molar-refractivity contribution in [3.63, 3.8) is 0 Å². The second kappa shape index (κ2) is 17.1. The lowest BCUT2D eigenvalue weighted by atomic mass is 9.85. The predicted molar refractivity (Wildman–Crippen MR) is 210 cm³/mol. The van der Waals surface area contributed by atoms with Gasteiger partial charge in [-0.3, -0.25) is 19.2 Å². The first-order valence-electron chi connectivity index (χ1n) is 18.9. The fraction of sp³-hybridized carbons (Fsp3) is 0.500. The number of amides is 1. The zero-order valence-corrected chi connectivity index (χ0v) is 33.0. The molecule has 0 aliphatic carbocycles. The van der Waals surface area contributed by atoms with Gasteiger partial charge in [-0.15, -0.1) is 0 Å². The molecule has 3 aliphatic rings. The van der Waals surface area contributed by atoms with Crippen molar-refractivity contribution in [1.29, 1.82) is 0 Å². The summed E-state index contributed by atoms with van der Waals surface area (Å²) in [7, 11) is 2.03. The lowest BCUT2D eigenvalue weighted by Crippen LogP contribution is -2.34. The molecular formula is C40H55BN6O7. The number of methoxy groups -OCH3 is 2. The van der Waals surface area contributed by atoms with E-state index in [0.717, 1.165) is 40.5 Å². The molecule has 0 radical (unpaired) electrons. The van der Waals surface area contributed by atoms with E-state index < -0.39 is 13.0 Å². The Morgan fingerprint density at radius 2 is 1.44 bits per heavy atom. The molecule has 2 aromatic heterocycles. The molecule has 0 unspecified atom stereocenters. The number of ketones is 1. The first-order chi connectivity index (χ1) is 25.7. The highest BCUT2D eigenvalue weighted by molar-refractivity contribution is 6.45. The lowest BCUT2D eigenvalue weighted by Gasteiger charge is -2.19. The van der Waals surface area contributed by atoms with Gasteiger partial charge in [0.05, 0.1) is 37.6 Å². The van der Waals surface area contributed by atoms with Crippen molar-refractivity contribution in [2.75, 3.05) is 27.3 Å². The zero-order chi connectivity index (χ0) is 39.4. The molecule has 5 rings (SSSR count). The molecule has 0 spiro atoms. The lowest BCUT2D eigenvalue weighted by molar-refractivity contribution is -0.141. The molecule has 0 saturated carbocycles. The molecule has 290 valence electrons. The SMILES string of the molecule is CC[C@H]1C2=Cc3[nH]c(c(C(=O)NCCCNB(C)O)c3C)C(CC(=O)OC)=C3NC(=Cc4[nH]c(c(C(C)=O)c4C)C=C(N2)[C@@H]1C)[C@@H](C)[C@@H]3CCC(=O)OC. The van der Waals surface area contributed by atoms with E-state index in [1.54, 1.807) is 13.7 Å². The maximum atomic E-state index is 14.2. The van der Waals surface area contributed by atoms with Crippen molar-refractivity contribution >= 4 is 54.5 Å². The highest BCUT2D eigenvalue weighted by Gasteiger charge is 2.38. The van der Waals surface area contributed by atoms with Crippen LogP contribution in [0.3, 0.4) is 0 Å². The number of Topliss-reactive ketones (excluding diaryl/α,β-unsaturated/α-hetero) is 1. The predicted octanol–water partition coefficient (Wildman–Crippen LogP) is 5.07. The molecule has 0 aromatic carbocycles. The van der Waals surface area contributed by atoms with Crippen LogP contribution in [0.4, 0.5) is 0 Å². The van der Waals surface area contributed by atoms with E-state index in [-0.39, 0.29) is 54.2 Å². The van der Waals surface area contributed by atoms with E-state index in [1.165, 1.54) is 14.2 Å². The van der Waals surface area contributed by atoms with Crippen LogP contribution in [0.25, 0.3) is 23.8 Å². The first-order valence-corrected chi connectivity index (χ1v) is 18.9. The summed E-state index contributed by atoms with van der Waals surface area (Å²) in [4.78, 5) is 60.2. The molecule has 2 aromatic rings. The largest absolute Gasteiger partial charge is 0.469 e. The van der Waals surface area contributed by atoms with Crippen LogP contribution in [0.15, 0.2) is 22.8 Å². The second-order valence-corrected chi connectivity index (χ2v) is 14.7. The number of fused-ring (bicyclic) bond motifs is 8. The third kappa shape index (κ3) is 8.29. The van der Waals surface area contributed by atoms with Gasteiger partial charge in [-0.1, -0.05) is 20.8 Å². The van der Waals surface area contributed by atoms with Crippen LogP contribution in [0.5, 0.6) is 0 Å². The molecule has 3 aliphatic heterocycles. The molecule has 5 heterocycles. The van der Waals surface area contributed by atoms with Crippen molar-refractivity contribution in [3.8, 4) is 0 Å². The van der Waals surface area contributed by atoms with Crippen LogP contribution in [0, 0.1) is 37.5 Å². The molecule has 54 heavy (non-hydrogen) atoms. The van der Waals surface area contributed by atoms with Crippen LogP contribution in [-0.2, 0) is 19.1 Å². The number of aromatic nitrogens is 2. The van der Waals surface area contributed by atoms with E-state index in [0.29, 0.717) is 65.3 Å². The van der Waals surface area contributed by atoms with Crippen LogP contribution in [0.1, 0.15) is 114 Å². The summed E-state index contributed by atoms with van der Waals surface area (Å²) in [5.74, 6) is -1.38. The summed E-state index contributed by atoms with van der Waals surface area (Å²) < 4.78 is 10.2. The smallest absolute Gasteiger partial charge is 0.373 e. The summed E-state index contributed by atoms with van der Waals surface area (Å²) in [5.41, 5.74) is 9.27. The highest BCUT2D eigenvalue weighted by atomic mass is 16.5. The number of esters is 2. The Bertz CT molecular complexity index is 1930. The summed E-state index contributed by atoms with van der Waals surface area (Å²) >= 11 is 0. The summed E-state index contributed by atoms with van der Waals surface area (Å²) in [6.07, 6.45) is 7.91. The fourth-order valence-electron chi connectivity index (χ4n) is 8.11. The van der Waals surface area contributed by atoms with E-state index in [1.807, 2.05) is 32.1 Å². The zero-order valence-electron chi connectivity index (χ0n) is 33.0. The summed E-state index contributed by atoms with van der Waals surface area (Å²) in [6.45, 7) is 14.3. The number of carbonyl (C=O) groups excluding carboxylic acids is 4. The Hall–Kier alpha value is -4.82. The standard InChI is InChI=1S/C40H55BN6O7/c1-10-25-20(2)28-19-33-36(24(6)48)22(4)30(45-33)17-29-21(3)26(12-13-34(49)53-8)38(46-29)27(16-35(50)54-9)39-37(23(5)31(47-39)18-32(25)44-28)40(51)42-14-11-15-43-41(7)52/h17-21,25-26,43-47,52H,10-16H2,1-9H3,(H,42,51)/t20-,21+,25-,26+/m1/s1. The minimum atomic E-state index is -0.660. The van der Waals surface area contributed by atoms with Gasteiger partial charge < -0.3 is 45.6 Å². The number of allylic oxidation sites excluding steroid dienone is 4. The van der Waals surface area contributed by atoms with Crippen LogP contribution in [0.2, 0.25) is 6.82 Å². The van der Waals surface area contributed by atoms with Crippen molar-refractivity contribution in [2.24, 2.45) is 23.7 Å². The Morgan fingerprint density at radius 3 is 2.09 bits per heavy atom. The molecule has 1 amide bonds. The van der Waals surface area contributed by atoms with E-state index in [9.17, 15) is 24.2 Å². The Balaban J connectivity index is 1.80.